The molecule has 0 aliphatic heterocycles. The van der Waals surface area contributed by atoms with E-state index < -0.39 is 6.10 Å². The second-order valence-electron chi connectivity index (χ2n) is 6.14. The monoisotopic (exact) mass is 325 g/mol. The van der Waals surface area contributed by atoms with Crippen LogP contribution in [0.25, 0.3) is 0 Å². The van der Waals surface area contributed by atoms with Crippen LogP contribution in [0.3, 0.4) is 0 Å². The van der Waals surface area contributed by atoms with Crippen LogP contribution in [0, 0.1) is 13.8 Å². The predicted octanol–water partition coefficient (Wildman–Crippen LogP) is 4.73. The Morgan fingerprint density at radius 3 is 2.29 bits per heavy atom. The molecule has 2 rings (SSSR count). The van der Waals surface area contributed by atoms with E-state index in [9.17, 15) is 4.79 Å². The van der Waals surface area contributed by atoms with Gasteiger partial charge >= 0.3 is 0 Å². The summed E-state index contributed by atoms with van der Waals surface area (Å²) in [4.78, 5) is 12.6. The van der Waals surface area contributed by atoms with Crippen molar-refractivity contribution in [2.75, 3.05) is 0 Å². The lowest BCUT2D eigenvalue weighted by molar-refractivity contribution is -0.128. The summed E-state index contributed by atoms with van der Waals surface area (Å²) in [5.41, 5.74) is 3.65. The van der Waals surface area contributed by atoms with E-state index in [1.807, 2.05) is 37.3 Å². The standard InChI is InChI=1S/C21H27NO2/c1-5-19(17-13-12-15(3)16(4)14-17)22-21(23)20(6-2)24-18-10-8-7-9-11-18/h7-14,19-20H,5-6H2,1-4H3,(H,22,23)/t19-,20-/m1/s1. The average Bonchev–Trinajstić information content (AvgIpc) is 2.60. The van der Waals surface area contributed by atoms with Crippen LogP contribution in [0.5, 0.6) is 5.75 Å². The van der Waals surface area contributed by atoms with Gasteiger partial charge in [0.15, 0.2) is 6.10 Å². The molecule has 0 unspecified atom stereocenters. The Morgan fingerprint density at radius 1 is 1.00 bits per heavy atom. The largest absolute Gasteiger partial charge is 0.481 e. The smallest absolute Gasteiger partial charge is 0.261 e. The fourth-order valence-electron chi connectivity index (χ4n) is 2.65. The molecule has 0 bridgehead atoms. The molecule has 1 amide bonds. The van der Waals surface area contributed by atoms with E-state index in [-0.39, 0.29) is 11.9 Å². The highest BCUT2D eigenvalue weighted by atomic mass is 16.5. The maximum Gasteiger partial charge on any atom is 0.261 e. The van der Waals surface area contributed by atoms with Gasteiger partial charge in [0.1, 0.15) is 5.75 Å². The van der Waals surface area contributed by atoms with Gasteiger partial charge in [-0.2, -0.15) is 0 Å². The van der Waals surface area contributed by atoms with Gasteiger partial charge in [0.05, 0.1) is 6.04 Å². The zero-order valence-electron chi connectivity index (χ0n) is 15.0. The molecule has 0 heterocycles. The molecule has 0 aliphatic carbocycles. The molecule has 0 radical (unpaired) electrons. The van der Waals surface area contributed by atoms with E-state index in [1.54, 1.807) is 0 Å². The molecule has 0 saturated carbocycles. The lowest BCUT2D eigenvalue weighted by Gasteiger charge is -2.23. The molecular formula is C21H27NO2. The van der Waals surface area contributed by atoms with Crippen LogP contribution in [-0.4, -0.2) is 12.0 Å². The third-order valence-corrected chi connectivity index (χ3v) is 4.34. The number of hydrogen-bond donors (Lipinski definition) is 1. The summed E-state index contributed by atoms with van der Waals surface area (Å²) in [5.74, 6) is 0.658. The minimum absolute atomic E-state index is 0.00484. The highest BCUT2D eigenvalue weighted by Crippen LogP contribution is 2.21. The average molecular weight is 325 g/mol. The van der Waals surface area contributed by atoms with Crippen molar-refractivity contribution in [1.29, 1.82) is 0 Å². The predicted molar refractivity (Wildman–Crippen MR) is 98.2 cm³/mol. The van der Waals surface area contributed by atoms with Gasteiger partial charge < -0.3 is 10.1 Å². The number of rotatable bonds is 7. The Hall–Kier alpha value is -2.29. The second kappa shape index (κ2) is 8.53. The van der Waals surface area contributed by atoms with Crippen molar-refractivity contribution in [2.45, 2.75) is 52.7 Å². The molecule has 2 aromatic carbocycles. The topological polar surface area (TPSA) is 38.3 Å². The first-order valence-electron chi connectivity index (χ1n) is 8.64. The summed E-state index contributed by atoms with van der Waals surface area (Å²) in [5, 5.41) is 3.14. The lowest BCUT2D eigenvalue weighted by Crippen LogP contribution is -2.40. The quantitative estimate of drug-likeness (QED) is 0.799. The van der Waals surface area contributed by atoms with Crippen LogP contribution in [0.1, 0.15) is 49.4 Å². The first-order chi connectivity index (χ1) is 11.5. The molecule has 24 heavy (non-hydrogen) atoms. The van der Waals surface area contributed by atoms with Gasteiger partial charge in [-0.1, -0.05) is 50.2 Å². The van der Waals surface area contributed by atoms with Crippen molar-refractivity contribution in [3.05, 3.63) is 65.2 Å². The number of carbonyl (C=O) groups is 1. The van der Waals surface area contributed by atoms with Gasteiger partial charge in [-0.3, -0.25) is 4.79 Å². The Bertz CT molecular complexity index is 667. The number of para-hydroxylation sites is 1. The molecule has 1 N–H and O–H groups in total. The van der Waals surface area contributed by atoms with Gasteiger partial charge in [0, 0.05) is 0 Å². The van der Waals surface area contributed by atoms with E-state index in [4.69, 9.17) is 4.74 Å². The van der Waals surface area contributed by atoms with Crippen molar-refractivity contribution >= 4 is 5.91 Å². The van der Waals surface area contributed by atoms with E-state index in [2.05, 4.69) is 44.3 Å². The van der Waals surface area contributed by atoms with Gasteiger partial charge in [-0.25, -0.2) is 0 Å². The van der Waals surface area contributed by atoms with E-state index in [0.717, 1.165) is 17.7 Å². The maximum absolute atomic E-state index is 12.6. The molecular weight excluding hydrogens is 298 g/mol. The minimum Gasteiger partial charge on any atom is -0.481 e. The van der Waals surface area contributed by atoms with Crippen LogP contribution < -0.4 is 10.1 Å². The van der Waals surface area contributed by atoms with Crippen molar-refractivity contribution in [3.8, 4) is 5.75 Å². The molecule has 3 nitrogen and oxygen atoms in total. The molecule has 0 spiro atoms. The van der Waals surface area contributed by atoms with Crippen molar-refractivity contribution in [3.63, 3.8) is 0 Å². The molecule has 2 aromatic rings. The molecule has 128 valence electrons. The third-order valence-electron chi connectivity index (χ3n) is 4.34. The zero-order valence-corrected chi connectivity index (χ0v) is 15.0. The summed E-state index contributed by atoms with van der Waals surface area (Å²) in [6.07, 6.45) is 0.994. The Balaban J connectivity index is 2.07. The van der Waals surface area contributed by atoms with E-state index in [0.29, 0.717) is 6.42 Å². The van der Waals surface area contributed by atoms with Gasteiger partial charge in [-0.05, 0) is 55.5 Å². The van der Waals surface area contributed by atoms with Crippen LogP contribution >= 0.6 is 0 Å². The molecule has 0 fully saturated rings. The maximum atomic E-state index is 12.6. The van der Waals surface area contributed by atoms with Crippen LogP contribution in [-0.2, 0) is 4.79 Å². The Kier molecular flexibility index (Phi) is 6.42. The molecule has 0 aliphatic rings. The lowest BCUT2D eigenvalue weighted by atomic mass is 9.99. The summed E-state index contributed by atoms with van der Waals surface area (Å²) in [7, 11) is 0. The van der Waals surface area contributed by atoms with Crippen LogP contribution in [0.4, 0.5) is 0 Å². The number of ether oxygens (including phenoxy) is 1. The number of carbonyl (C=O) groups excluding carboxylic acids is 1. The fourth-order valence-corrected chi connectivity index (χ4v) is 2.65. The number of hydrogen-bond acceptors (Lipinski definition) is 2. The first-order valence-corrected chi connectivity index (χ1v) is 8.64. The van der Waals surface area contributed by atoms with Gasteiger partial charge in [-0.15, -0.1) is 0 Å². The Morgan fingerprint density at radius 2 is 1.71 bits per heavy atom. The van der Waals surface area contributed by atoms with E-state index in [1.165, 1.54) is 11.1 Å². The minimum atomic E-state index is -0.479. The number of aryl methyl sites for hydroxylation is 2. The normalized spacial score (nSPS) is 13.2. The third kappa shape index (κ3) is 4.60. The van der Waals surface area contributed by atoms with Gasteiger partial charge in [0.25, 0.3) is 5.91 Å². The summed E-state index contributed by atoms with van der Waals surface area (Å²) in [6.45, 7) is 8.24. The number of benzene rings is 2. The van der Waals surface area contributed by atoms with Crippen LogP contribution in [0.15, 0.2) is 48.5 Å². The highest BCUT2D eigenvalue weighted by Gasteiger charge is 2.22. The van der Waals surface area contributed by atoms with E-state index >= 15 is 0 Å². The molecule has 0 saturated heterocycles. The van der Waals surface area contributed by atoms with Crippen molar-refractivity contribution in [1.82, 2.24) is 5.32 Å². The van der Waals surface area contributed by atoms with Crippen molar-refractivity contribution in [2.24, 2.45) is 0 Å². The highest BCUT2D eigenvalue weighted by molar-refractivity contribution is 5.81. The second-order valence-corrected chi connectivity index (χ2v) is 6.14. The molecule has 3 heteroatoms. The van der Waals surface area contributed by atoms with Crippen molar-refractivity contribution < 1.29 is 9.53 Å². The van der Waals surface area contributed by atoms with Gasteiger partial charge in [0.2, 0.25) is 0 Å². The summed E-state index contributed by atoms with van der Waals surface area (Å²) in [6, 6.07) is 15.8. The fraction of sp³-hybridized carbons (Fsp3) is 0.381. The summed E-state index contributed by atoms with van der Waals surface area (Å²) >= 11 is 0. The number of amides is 1. The Labute approximate surface area is 145 Å². The molecule has 0 aromatic heterocycles. The molecule has 2 atom stereocenters. The zero-order chi connectivity index (χ0) is 17.5. The SMILES string of the molecule is CC[C@@H](Oc1ccccc1)C(=O)N[C@H](CC)c1ccc(C)c(C)c1. The number of nitrogens with one attached hydrogen (secondary N) is 1. The summed E-state index contributed by atoms with van der Waals surface area (Å²) < 4.78 is 5.84. The first kappa shape index (κ1) is 18.1. The van der Waals surface area contributed by atoms with Crippen LogP contribution in [0.2, 0.25) is 0 Å².